The van der Waals surface area contributed by atoms with Crippen molar-refractivity contribution in [2.75, 3.05) is 31.2 Å². The number of aryl methyl sites for hydroxylation is 2. The highest BCUT2D eigenvalue weighted by atomic mass is 35.5. The van der Waals surface area contributed by atoms with Gasteiger partial charge in [0.15, 0.2) is 5.65 Å². The molecule has 0 atom stereocenters. The van der Waals surface area contributed by atoms with E-state index in [2.05, 4.69) is 20.0 Å². The van der Waals surface area contributed by atoms with Crippen molar-refractivity contribution in [1.29, 1.82) is 0 Å². The maximum Gasteiger partial charge on any atom is 0.226 e. The lowest BCUT2D eigenvalue weighted by Crippen LogP contribution is -2.37. The van der Waals surface area contributed by atoms with Crippen LogP contribution in [0.25, 0.3) is 11.0 Å². The molecule has 0 aromatic carbocycles. The van der Waals surface area contributed by atoms with E-state index in [-0.39, 0.29) is 5.28 Å². The smallest absolute Gasteiger partial charge is 0.226 e. The Kier molecular flexibility index (Phi) is 2.83. The van der Waals surface area contributed by atoms with Gasteiger partial charge in [-0.1, -0.05) is 0 Å². The molecule has 2 aromatic rings. The molecule has 1 saturated heterocycles. The number of hydrogen-bond acceptors (Lipinski definition) is 5. The minimum absolute atomic E-state index is 0.256. The predicted molar refractivity (Wildman–Crippen MR) is 69.1 cm³/mol. The largest absolute Gasteiger partial charge is 0.378 e. The minimum atomic E-state index is 0.256. The van der Waals surface area contributed by atoms with Gasteiger partial charge in [0.2, 0.25) is 5.28 Å². The Labute approximate surface area is 110 Å². The summed E-state index contributed by atoms with van der Waals surface area (Å²) in [5, 5.41) is 5.62. The molecule has 1 fully saturated rings. The Morgan fingerprint density at radius 3 is 2.67 bits per heavy atom. The summed E-state index contributed by atoms with van der Waals surface area (Å²) in [7, 11) is 1.86. The van der Waals surface area contributed by atoms with E-state index in [9.17, 15) is 0 Å². The number of rotatable bonds is 1. The van der Waals surface area contributed by atoms with Crippen LogP contribution in [0, 0.1) is 6.92 Å². The lowest BCUT2D eigenvalue weighted by atomic mass is 10.2. The van der Waals surface area contributed by atoms with Gasteiger partial charge in [-0.05, 0) is 18.5 Å². The van der Waals surface area contributed by atoms with E-state index in [1.807, 2.05) is 14.0 Å². The fourth-order valence-electron chi connectivity index (χ4n) is 2.30. The van der Waals surface area contributed by atoms with Crippen molar-refractivity contribution in [2.45, 2.75) is 6.92 Å². The fourth-order valence-corrected chi connectivity index (χ4v) is 2.46. The Bertz CT molecular complexity index is 591. The molecule has 0 bridgehead atoms. The van der Waals surface area contributed by atoms with Crippen LogP contribution in [-0.2, 0) is 11.8 Å². The number of halogens is 1. The fraction of sp³-hybridized carbons (Fsp3) is 0.545. The van der Waals surface area contributed by atoms with Crippen LogP contribution in [0.15, 0.2) is 0 Å². The third-order valence-electron chi connectivity index (χ3n) is 3.12. The average molecular weight is 268 g/mol. The Balaban J connectivity index is 2.20. The van der Waals surface area contributed by atoms with Crippen molar-refractivity contribution in [2.24, 2.45) is 7.05 Å². The molecule has 0 spiro atoms. The Morgan fingerprint density at radius 1 is 1.22 bits per heavy atom. The van der Waals surface area contributed by atoms with E-state index in [0.717, 1.165) is 35.6 Å². The summed E-state index contributed by atoms with van der Waals surface area (Å²) in [5.74, 6) is 0.860. The number of nitrogens with zero attached hydrogens (tertiary/aromatic N) is 5. The summed E-state index contributed by atoms with van der Waals surface area (Å²) >= 11 is 6.00. The van der Waals surface area contributed by atoms with Crippen LogP contribution < -0.4 is 4.90 Å². The van der Waals surface area contributed by atoms with Gasteiger partial charge in [0, 0.05) is 20.1 Å². The molecule has 3 heterocycles. The molecule has 96 valence electrons. The molecule has 7 heteroatoms. The maximum atomic E-state index is 6.00. The van der Waals surface area contributed by atoms with Crippen LogP contribution in [0.1, 0.15) is 5.69 Å². The number of ether oxygens (including phenoxy) is 1. The molecule has 0 saturated carbocycles. The van der Waals surface area contributed by atoms with Gasteiger partial charge >= 0.3 is 0 Å². The predicted octanol–water partition coefficient (Wildman–Crippen LogP) is 1.16. The molecule has 18 heavy (non-hydrogen) atoms. The third kappa shape index (κ3) is 1.81. The zero-order chi connectivity index (χ0) is 12.7. The minimum Gasteiger partial charge on any atom is -0.378 e. The summed E-state index contributed by atoms with van der Waals surface area (Å²) in [6.45, 7) is 5.02. The van der Waals surface area contributed by atoms with Crippen LogP contribution in [0.2, 0.25) is 5.28 Å². The molecule has 0 aliphatic carbocycles. The summed E-state index contributed by atoms with van der Waals surface area (Å²) in [6, 6.07) is 0. The van der Waals surface area contributed by atoms with Crippen molar-refractivity contribution in [3.63, 3.8) is 0 Å². The second kappa shape index (κ2) is 4.37. The average Bonchev–Trinajstić information content (AvgIpc) is 2.65. The van der Waals surface area contributed by atoms with Gasteiger partial charge in [-0.25, -0.2) is 4.68 Å². The zero-order valence-corrected chi connectivity index (χ0v) is 11.1. The van der Waals surface area contributed by atoms with E-state index < -0.39 is 0 Å². The molecule has 0 unspecified atom stereocenters. The van der Waals surface area contributed by atoms with E-state index in [0.29, 0.717) is 13.2 Å². The molecule has 6 nitrogen and oxygen atoms in total. The highest BCUT2D eigenvalue weighted by Crippen LogP contribution is 2.28. The second-order valence-corrected chi connectivity index (χ2v) is 4.66. The number of morpholine rings is 1. The topological polar surface area (TPSA) is 56.1 Å². The first kappa shape index (κ1) is 11.7. The first-order chi connectivity index (χ1) is 8.66. The zero-order valence-electron chi connectivity index (χ0n) is 10.4. The van der Waals surface area contributed by atoms with E-state index in [4.69, 9.17) is 16.3 Å². The Hall–Kier alpha value is -1.40. The standard InChI is InChI=1S/C11H14ClN5O/c1-7-8-9(16(2)15-7)13-11(12)14-10(8)17-3-5-18-6-4-17/h3-6H2,1-2H3. The monoisotopic (exact) mass is 267 g/mol. The van der Waals surface area contributed by atoms with E-state index >= 15 is 0 Å². The maximum absolute atomic E-state index is 6.00. The van der Waals surface area contributed by atoms with Crippen LogP contribution >= 0.6 is 11.6 Å². The molecule has 3 rings (SSSR count). The van der Waals surface area contributed by atoms with Crippen molar-refractivity contribution >= 4 is 28.5 Å². The van der Waals surface area contributed by atoms with E-state index in [1.54, 1.807) is 4.68 Å². The van der Waals surface area contributed by atoms with Crippen LogP contribution in [0.5, 0.6) is 0 Å². The van der Waals surface area contributed by atoms with Crippen molar-refractivity contribution < 1.29 is 4.74 Å². The highest BCUT2D eigenvalue weighted by Gasteiger charge is 2.20. The first-order valence-corrected chi connectivity index (χ1v) is 6.24. The SMILES string of the molecule is Cc1nn(C)c2nc(Cl)nc(N3CCOCC3)c12. The number of aromatic nitrogens is 4. The van der Waals surface area contributed by atoms with Gasteiger partial charge in [-0.15, -0.1) is 0 Å². The number of fused-ring (bicyclic) bond motifs is 1. The molecule has 1 aliphatic heterocycles. The quantitative estimate of drug-likeness (QED) is 0.726. The molecular formula is C11H14ClN5O. The first-order valence-electron chi connectivity index (χ1n) is 5.86. The van der Waals surface area contributed by atoms with Gasteiger partial charge < -0.3 is 9.64 Å². The van der Waals surface area contributed by atoms with Crippen LogP contribution in [0.3, 0.4) is 0 Å². The van der Waals surface area contributed by atoms with Gasteiger partial charge in [-0.2, -0.15) is 15.1 Å². The summed E-state index contributed by atoms with van der Waals surface area (Å²) < 4.78 is 7.10. The molecule has 2 aromatic heterocycles. The van der Waals surface area contributed by atoms with Crippen molar-refractivity contribution in [3.8, 4) is 0 Å². The lowest BCUT2D eigenvalue weighted by Gasteiger charge is -2.28. The van der Waals surface area contributed by atoms with E-state index in [1.165, 1.54) is 0 Å². The van der Waals surface area contributed by atoms with Gasteiger partial charge in [-0.3, -0.25) is 0 Å². The molecule has 0 N–H and O–H groups in total. The van der Waals surface area contributed by atoms with Gasteiger partial charge in [0.1, 0.15) is 5.82 Å². The summed E-state index contributed by atoms with van der Waals surface area (Å²) in [5.41, 5.74) is 1.69. The van der Waals surface area contributed by atoms with Crippen LogP contribution in [0.4, 0.5) is 5.82 Å². The van der Waals surface area contributed by atoms with Gasteiger partial charge in [0.05, 0.1) is 24.3 Å². The normalized spacial score (nSPS) is 16.5. The van der Waals surface area contributed by atoms with Crippen molar-refractivity contribution in [1.82, 2.24) is 19.7 Å². The molecule has 0 amide bonds. The molecular weight excluding hydrogens is 254 g/mol. The molecule has 1 aliphatic rings. The highest BCUT2D eigenvalue weighted by molar-refractivity contribution is 6.28. The van der Waals surface area contributed by atoms with Crippen LogP contribution in [-0.4, -0.2) is 46.1 Å². The lowest BCUT2D eigenvalue weighted by molar-refractivity contribution is 0.122. The summed E-state index contributed by atoms with van der Waals surface area (Å²) in [4.78, 5) is 10.8. The molecule has 0 radical (unpaired) electrons. The van der Waals surface area contributed by atoms with Gasteiger partial charge in [0.25, 0.3) is 0 Å². The van der Waals surface area contributed by atoms with Crippen molar-refractivity contribution in [3.05, 3.63) is 11.0 Å². The summed E-state index contributed by atoms with van der Waals surface area (Å²) in [6.07, 6.45) is 0. The number of hydrogen-bond donors (Lipinski definition) is 0. The second-order valence-electron chi connectivity index (χ2n) is 4.32. The number of anilines is 1. The third-order valence-corrected chi connectivity index (χ3v) is 3.29. The Morgan fingerprint density at radius 2 is 1.94 bits per heavy atom.